The summed E-state index contributed by atoms with van der Waals surface area (Å²) in [4.78, 5) is 30.1. The largest absolute Gasteiger partial charge is 0.507 e. The smallest absolute Gasteiger partial charge is 0.295 e. The molecule has 0 saturated carbocycles. The zero-order valence-electron chi connectivity index (χ0n) is 25.3. The Bertz CT molecular complexity index is 1130. The van der Waals surface area contributed by atoms with Crippen LogP contribution in [-0.2, 0) is 9.59 Å². The summed E-state index contributed by atoms with van der Waals surface area (Å²) in [5.74, 6) is -1.34. The minimum Gasteiger partial charge on any atom is -0.507 e. The molecule has 1 N–H and O–H groups in total. The van der Waals surface area contributed by atoms with Crippen molar-refractivity contribution in [2.24, 2.45) is 0 Å². The molecule has 0 spiro atoms. The first-order valence-electron chi connectivity index (χ1n) is 15.7. The lowest BCUT2D eigenvalue weighted by molar-refractivity contribution is -0.139. The van der Waals surface area contributed by atoms with E-state index in [1.807, 2.05) is 43.3 Å². The monoisotopic (exact) mass is 580 g/mol. The molecule has 3 rings (SSSR count). The summed E-state index contributed by atoms with van der Waals surface area (Å²) >= 11 is 6.04. The van der Waals surface area contributed by atoms with Gasteiger partial charge in [-0.25, -0.2) is 0 Å². The van der Waals surface area contributed by atoms with Crippen LogP contribution in [0.25, 0.3) is 5.76 Å². The molecular weight excluding hydrogens is 532 g/mol. The van der Waals surface area contributed by atoms with Gasteiger partial charge in [-0.3, -0.25) is 9.59 Å². The van der Waals surface area contributed by atoms with E-state index in [9.17, 15) is 14.7 Å². The first kappa shape index (κ1) is 32.7. The summed E-state index contributed by atoms with van der Waals surface area (Å²) < 4.78 is 0. The van der Waals surface area contributed by atoms with Gasteiger partial charge in [0.15, 0.2) is 0 Å². The number of hydrogen-bond donors (Lipinski definition) is 1. The van der Waals surface area contributed by atoms with Crippen LogP contribution in [-0.4, -0.2) is 42.3 Å². The fourth-order valence-electron chi connectivity index (χ4n) is 5.65. The average Bonchev–Trinajstić information content (AvgIpc) is 3.22. The van der Waals surface area contributed by atoms with Crippen LogP contribution in [0.2, 0.25) is 5.02 Å². The molecule has 224 valence electrons. The van der Waals surface area contributed by atoms with E-state index in [-0.39, 0.29) is 11.3 Å². The van der Waals surface area contributed by atoms with Crippen molar-refractivity contribution in [3.05, 3.63) is 70.3 Å². The minimum absolute atomic E-state index is 0.139. The quantitative estimate of drug-likeness (QED) is 0.0825. The maximum Gasteiger partial charge on any atom is 0.295 e. The lowest BCUT2D eigenvalue weighted by Gasteiger charge is -2.26. The number of anilines is 1. The van der Waals surface area contributed by atoms with Crippen molar-refractivity contribution in [1.82, 2.24) is 4.90 Å². The second kappa shape index (κ2) is 17.2. The number of halogens is 1. The van der Waals surface area contributed by atoms with E-state index >= 15 is 0 Å². The Morgan fingerprint density at radius 1 is 0.756 bits per heavy atom. The Kier molecular flexibility index (Phi) is 13.8. The number of nitrogens with zero attached hydrogens (tertiary/aromatic N) is 2. The SMILES string of the molecule is CCCCCCCCCCCCCCCCN1C(=O)C(=O)C(=C(O)c2ccc(Cl)cc2)[C@@H]1c1ccc(N(C)C)cc1. The van der Waals surface area contributed by atoms with Crippen molar-refractivity contribution in [2.45, 2.75) is 103 Å². The molecule has 1 saturated heterocycles. The Morgan fingerprint density at radius 3 is 1.73 bits per heavy atom. The number of Topliss-reactive ketones (excluding diaryl/α,β-unsaturated/α-hetero) is 1. The molecule has 0 aliphatic carbocycles. The number of hydrogen-bond acceptors (Lipinski definition) is 4. The van der Waals surface area contributed by atoms with Crippen molar-refractivity contribution < 1.29 is 14.7 Å². The van der Waals surface area contributed by atoms with Crippen molar-refractivity contribution in [3.8, 4) is 0 Å². The summed E-state index contributed by atoms with van der Waals surface area (Å²) in [6.07, 6.45) is 17.7. The number of carbonyl (C=O) groups excluding carboxylic acids is 2. The molecule has 1 aliphatic rings. The van der Waals surface area contributed by atoms with E-state index in [0.29, 0.717) is 17.1 Å². The summed E-state index contributed by atoms with van der Waals surface area (Å²) in [5, 5.41) is 11.8. The molecule has 1 atom stereocenters. The van der Waals surface area contributed by atoms with Gasteiger partial charge in [0.25, 0.3) is 11.7 Å². The maximum absolute atomic E-state index is 13.3. The molecule has 1 heterocycles. The molecule has 0 unspecified atom stereocenters. The van der Waals surface area contributed by atoms with E-state index in [4.69, 9.17) is 11.6 Å². The van der Waals surface area contributed by atoms with Crippen LogP contribution in [0.3, 0.4) is 0 Å². The van der Waals surface area contributed by atoms with E-state index in [1.54, 1.807) is 29.2 Å². The molecule has 2 aromatic rings. The molecule has 0 radical (unpaired) electrons. The third kappa shape index (κ3) is 9.63. The number of unbranched alkanes of at least 4 members (excludes halogenated alkanes) is 13. The lowest BCUT2D eigenvalue weighted by Crippen LogP contribution is -2.30. The molecule has 1 fully saturated rings. The summed E-state index contributed by atoms with van der Waals surface area (Å²) in [6.45, 7) is 2.75. The van der Waals surface area contributed by atoms with Gasteiger partial charge in [-0.05, 0) is 48.4 Å². The highest BCUT2D eigenvalue weighted by atomic mass is 35.5. The van der Waals surface area contributed by atoms with Gasteiger partial charge in [0.2, 0.25) is 0 Å². The van der Waals surface area contributed by atoms with E-state index in [0.717, 1.165) is 30.5 Å². The van der Waals surface area contributed by atoms with Gasteiger partial charge >= 0.3 is 0 Å². The van der Waals surface area contributed by atoms with Crippen LogP contribution in [0.5, 0.6) is 0 Å². The second-order valence-corrected chi connectivity index (χ2v) is 12.0. The van der Waals surface area contributed by atoms with Crippen LogP contribution in [0.1, 0.15) is 114 Å². The summed E-state index contributed by atoms with van der Waals surface area (Å²) in [5.41, 5.74) is 2.45. The van der Waals surface area contributed by atoms with Gasteiger partial charge in [0.05, 0.1) is 11.6 Å². The number of ketones is 1. The van der Waals surface area contributed by atoms with Crippen LogP contribution in [0.15, 0.2) is 54.1 Å². The molecule has 0 aromatic heterocycles. The van der Waals surface area contributed by atoms with E-state index in [2.05, 4.69) is 6.92 Å². The van der Waals surface area contributed by atoms with Gasteiger partial charge in [-0.2, -0.15) is 0 Å². The maximum atomic E-state index is 13.3. The third-order valence-electron chi connectivity index (χ3n) is 8.14. The van der Waals surface area contributed by atoms with Crippen LogP contribution in [0, 0.1) is 0 Å². The number of aliphatic hydroxyl groups excluding tert-OH is 1. The first-order chi connectivity index (χ1) is 19.8. The molecule has 0 bridgehead atoms. The fourth-order valence-corrected chi connectivity index (χ4v) is 5.78. The minimum atomic E-state index is -0.635. The van der Waals surface area contributed by atoms with Gasteiger partial charge in [-0.15, -0.1) is 0 Å². The third-order valence-corrected chi connectivity index (χ3v) is 8.39. The molecule has 41 heavy (non-hydrogen) atoms. The topological polar surface area (TPSA) is 60.9 Å². The van der Waals surface area contributed by atoms with E-state index < -0.39 is 17.7 Å². The zero-order chi connectivity index (χ0) is 29.6. The van der Waals surface area contributed by atoms with Crippen LogP contribution < -0.4 is 4.90 Å². The number of carbonyl (C=O) groups is 2. The Hall–Kier alpha value is -2.79. The number of likely N-dealkylation sites (tertiary alicyclic amines) is 1. The molecule has 2 aromatic carbocycles. The normalized spacial score (nSPS) is 16.5. The number of rotatable bonds is 18. The standard InChI is InChI=1S/C35H49ClN2O3/c1-4-5-6-7-8-9-10-11-12-13-14-15-16-17-26-38-32(27-20-24-30(25-21-27)37(2)3)31(34(40)35(38)41)33(39)28-18-22-29(36)23-19-28/h18-25,32,39H,4-17,26H2,1-3H3/t32-/m0/s1. The molecular formula is C35H49ClN2O3. The number of aliphatic hydroxyl groups is 1. The first-order valence-corrected chi connectivity index (χ1v) is 16.0. The Balaban J connectivity index is 1.57. The average molecular weight is 581 g/mol. The van der Waals surface area contributed by atoms with Crippen molar-refractivity contribution in [3.63, 3.8) is 0 Å². The zero-order valence-corrected chi connectivity index (χ0v) is 26.1. The van der Waals surface area contributed by atoms with Crippen molar-refractivity contribution in [1.29, 1.82) is 0 Å². The van der Waals surface area contributed by atoms with Crippen molar-refractivity contribution in [2.75, 3.05) is 25.5 Å². The fraction of sp³-hybridized carbons (Fsp3) is 0.543. The number of amides is 1. The van der Waals surface area contributed by atoms with Gasteiger partial charge < -0.3 is 14.9 Å². The highest BCUT2D eigenvalue weighted by Gasteiger charge is 2.45. The van der Waals surface area contributed by atoms with Crippen LogP contribution >= 0.6 is 11.6 Å². The Morgan fingerprint density at radius 2 is 1.24 bits per heavy atom. The van der Waals surface area contributed by atoms with E-state index in [1.165, 1.54) is 70.6 Å². The predicted molar refractivity (Wildman–Crippen MR) is 172 cm³/mol. The number of benzene rings is 2. The Labute approximate surface area is 252 Å². The van der Waals surface area contributed by atoms with Crippen molar-refractivity contribution >= 4 is 34.7 Å². The second-order valence-electron chi connectivity index (χ2n) is 11.6. The van der Waals surface area contributed by atoms with Crippen LogP contribution in [0.4, 0.5) is 5.69 Å². The molecule has 5 nitrogen and oxygen atoms in total. The lowest BCUT2D eigenvalue weighted by atomic mass is 9.95. The molecule has 1 amide bonds. The highest BCUT2D eigenvalue weighted by molar-refractivity contribution is 6.46. The van der Waals surface area contributed by atoms with Gasteiger partial charge in [0.1, 0.15) is 5.76 Å². The predicted octanol–water partition coefficient (Wildman–Crippen LogP) is 9.31. The highest BCUT2D eigenvalue weighted by Crippen LogP contribution is 2.40. The van der Waals surface area contributed by atoms with Gasteiger partial charge in [0, 0.05) is 36.9 Å². The summed E-state index contributed by atoms with van der Waals surface area (Å²) in [7, 11) is 3.94. The summed E-state index contributed by atoms with van der Waals surface area (Å²) in [6, 6.07) is 13.9. The molecule has 1 aliphatic heterocycles. The van der Waals surface area contributed by atoms with Gasteiger partial charge in [-0.1, -0.05) is 114 Å². The molecule has 6 heteroatoms.